The molecular formula is C2H8MgO2P+. The van der Waals surface area contributed by atoms with Crippen LogP contribution >= 0.6 is 8.03 Å². The Hall–Kier alpha value is 0.826. The zero-order valence-corrected chi connectivity index (χ0v) is 6.03. The van der Waals surface area contributed by atoms with Gasteiger partial charge in [0, 0.05) is 0 Å². The van der Waals surface area contributed by atoms with Crippen molar-refractivity contribution in [2.45, 2.75) is 6.92 Å². The first-order valence-corrected chi connectivity index (χ1v) is 2.80. The zero-order chi connectivity index (χ0) is 4.28. The molecule has 0 aliphatic heterocycles. The minimum Gasteiger partial charge on any atom is -1.00 e. The molecule has 0 radical (unpaired) electrons. The van der Waals surface area contributed by atoms with E-state index < -0.39 is 8.03 Å². The smallest absolute Gasteiger partial charge is 1.00 e. The molecule has 34 valence electrons. The van der Waals surface area contributed by atoms with Crippen LogP contribution in [0.4, 0.5) is 0 Å². The summed E-state index contributed by atoms with van der Waals surface area (Å²) in [7, 11) is -1.85. The van der Waals surface area contributed by atoms with Gasteiger partial charge in [0.1, 0.15) is 0 Å². The summed E-state index contributed by atoms with van der Waals surface area (Å²) in [5.74, 6) is 0. The average Bonchev–Trinajstić information content (AvgIpc) is 1.38. The van der Waals surface area contributed by atoms with Gasteiger partial charge in [0.05, 0.1) is 0 Å². The molecule has 0 fully saturated rings. The SMILES string of the molecule is CC[P+](=O)O.[H-].[H-].[Mg+2]. The van der Waals surface area contributed by atoms with Crippen molar-refractivity contribution in [1.29, 1.82) is 0 Å². The van der Waals surface area contributed by atoms with Crippen LogP contribution < -0.4 is 0 Å². The van der Waals surface area contributed by atoms with E-state index in [1.54, 1.807) is 6.92 Å². The molecule has 0 bridgehead atoms. The van der Waals surface area contributed by atoms with E-state index in [2.05, 4.69) is 0 Å². The van der Waals surface area contributed by atoms with Gasteiger partial charge in [-0.2, -0.15) is 4.89 Å². The van der Waals surface area contributed by atoms with E-state index in [0.717, 1.165) is 0 Å². The quantitative estimate of drug-likeness (QED) is 0.405. The summed E-state index contributed by atoms with van der Waals surface area (Å²) in [5.41, 5.74) is 0. The Morgan fingerprint density at radius 3 is 2.17 bits per heavy atom. The van der Waals surface area contributed by atoms with Crippen LogP contribution in [0.3, 0.4) is 0 Å². The Kier molecular flexibility index (Phi) is 9.66. The third-order valence-corrected chi connectivity index (χ3v) is 0.812. The monoisotopic (exact) mass is 119 g/mol. The summed E-state index contributed by atoms with van der Waals surface area (Å²) >= 11 is 0. The molecule has 0 rings (SSSR count). The molecule has 0 amide bonds. The second-order valence-electron chi connectivity index (χ2n) is 0.668. The molecule has 0 aromatic carbocycles. The van der Waals surface area contributed by atoms with Crippen LogP contribution in [-0.2, 0) is 4.57 Å². The van der Waals surface area contributed by atoms with Gasteiger partial charge < -0.3 is 2.85 Å². The molecule has 0 aromatic rings. The standard InChI is InChI=1S/C2H5O2P.Mg.2H/c1-2-5(3)4;;;/h2H2,1H3;;;/q;+2;2*-1/p+1. The van der Waals surface area contributed by atoms with Crippen molar-refractivity contribution in [1.82, 2.24) is 0 Å². The fraction of sp³-hybridized carbons (Fsp3) is 1.00. The van der Waals surface area contributed by atoms with E-state index >= 15 is 0 Å². The maximum atomic E-state index is 9.52. The van der Waals surface area contributed by atoms with Gasteiger partial charge >= 0.3 is 31.1 Å². The maximum Gasteiger partial charge on any atom is 2.00 e. The van der Waals surface area contributed by atoms with Crippen LogP contribution in [0.5, 0.6) is 0 Å². The van der Waals surface area contributed by atoms with Crippen LogP contribution in [0.1, 0.15) is 9.78 Å². The molecule has 0 saturated heterocycles. The molecule has 0 heterocycles. The topological polar surface area (TPSA) is 37.3 Å². The third-order valence-electron chi connectivity index (χ3n) is 0.271. The van der Waals surface area contributed by atoms with Crippen molar-refractivity contribution in [2.24, 2.45) is 0 Å². The van der Waals surface area contributed by atoms with Crippen molar-refractivity contribution >= 4 is 31.1 Å². The van der Waals surface area contributed by atoms with Crippen LogP contribution in [-0.4, -0.2) is 34.1 Å². The molecule has 0 saturated carbocycles. The van der Waals surface area contributed by atoms with Crippen LogP contribution in [0, 0.1) is 0 Å². The molecular weight excluding hydrogens is 111 g/mol. The van der Waals surface area contributed by atoms with Gasteiger partial charge in [-0.25, -0.2) is 0 Å². The second kappa shape index (κ2) is 5.83. The van der Waals surface area contributed by atoms with E-state index in [0.29, 0.717) is 6.16 Å². The molecule has 1 N–H and O–H groups in total. The fourth-order valence-corrected chi connectivity index (χ4v) is 0. The summed E-state index contributed by atoms with van der Waals surface area (Å²) in [6.07, 6.45) is 0.370. The third kappa shape index (κ3) is 8.85. The van der Waals surface area contributed by atoms with E-state index in [-0.39, 0.29) is 25.9 Å². The van der Waals surface area contributed by atoms with Crippen LogP contribution in [0.25, 0.3) is 0 Å². The second-order valence-corrected chi connectivity index (χ2v) is 2.01. The molecule has 0 aliphatic rings. The fourth-order valence-electron chi connectivity index (χ4n) is 0. The van der Waals surface area contributed by atoms with Crippen molar-refractivity contribution in [3.05, 3.63) is 0 Å². The van der Waals surface area contributed by atoms with Gasteiger partial charge in [-0.3, -0.25) is 0 Å². The van der Waals surface area contributed by atoms with Gasteiger partial charge in [0.25, 0.3) is 0 Å². The summed E-state index contributed by atoms with van der Waals surface area (Å²) in [6.45, 7) is 1.67. The maximum absolute atomic E-state index is 9.52. The molecule has 4 heteroatoms. The van der Waals surface area contributed by atoms with E-state index in [9.17, 15) is 4.57 Å². The zero-order valence-electron chi connectivity index (χ0n) is 5.72. The van der Waals surface area contributed by atoms with E-state index in [1.807, 2.05) is 0 Å². The Morgan fingerprint density at radius 2 is 2.17 bits per heavy atom. The number of rotatable bonds is 1. The molecule has 1 atom stereocenters. The van der Waals surface area contributed by atoms with Gasteiger partial charge in [-0.15, -0.1) is 0 Å². The first-order valence-electron chi connectivity index (χ1n) is 1.41. The van der Waals surface area contributed by atoms with Crippen molar-refractivity contribution in [3.63, 3.8) is 0 Å². The van der Waals surface area contributed by atoms with Gasteiger partial charge in [0.15, 0.2) is 6.16 Å². The normalized spacial score (nSPS) is 9.33. The van der Waals surface area contributed by atoms with Crippen molar-refractivity contribution in [2.75, 3.05) is 6.16 Å². The predicted molar refractivity (Wildman–Crippen MR) is 28.3 cm³/mol. The van der Waals surface area contributed by atoms with Crippen molar-refractivity contribution < 1.29 is 12.3 Å². The predicted octanol–water partition coefficient (Wildman–Crippen LogP) is 0.585. The minimum atomic E-state index is -1.85. The average molecular weight is 119 g/mol. The molecule has 0 spiro atoms. The first-order chi connectivity index (χ1) is 2.27. The Morgan fingerprint density at radius 1 is 2.00 bits per heavy atom. The molecule has 6 heavy (non-hydrogen) atoms. The minimum absolute atomic E-state index is 0. The first kappa shape index (κ1) is 9.95. The molecule has 0 aliphatic carbocycles. The Labute approximate surface area is 56.9 Å². The van der Waals surface area contributed by atoms with Gasteiger partial charge in [-0.1, -0.05) is 0 Å². The molecule has 2 nitrogen and oxygen atoms in total. The summed E-state index contributed by atoms with van der Waals surface area (Å²) < 4.78 is 9.52. The van der Waals surface area contributed by atoms with Gasteiger partial charge in [0.2, 0.25) is 0 Å². The van der Waals surface area contributed by atoms with Crippen LogP contribution in [0.2, 0.25) is 0 Å². The number of hydrogen-bond acceptors (Lipinski definition) is 1. The Bertz CT molecular complexity index is 53.3. The summed E-state index contributed by atoms with van der Waals surface area (Å²) in [4.78, 5) is 7.87. The molecule has 1 unspecified atom stereocenters. The van der Waals surface area contributed by atoms with E-state index in [1.165, 1.54) is 0 Å². The van der Waals surface area contributed by atoms with Crippen LogP contribution in [0.15, 0.2) is 0 Å². The Balaban J connectivity index is -0.0000000267. The summed E-state index contributed by atoms with van der Waals surface area (Å²) in [5, 5.41) is 0. The van der Waals surface area contributed by atoms with Gasteiger partial charge in [-0.05, 0) is 11.5 Å². The molecule has 0 aromatic heterocycles. The largest absolute Gasteiger partial charge is 2.00 e. The van der Waals surface area contributed by atoms with Crippen molar-refractivity contribution in [3.8, 4) is 0 Å². The summed E-state index contributed by atoms with van der Waals surface area (Å²) in [6, 6.07) is 0. The number of hydrogen-bond donors (Lipinski definition) is 1. The van der Waals surface area contributed by atoms with E-state index in [4.69, 9.17) is 4.89 Å².